The number of ether oxygens (including phenoxy) is 1. The van der Waals surface area contributed by atoms with Gasteiger partial charge in [0.25, 0.3) is 0 Å². The van der Waals surface area contributed by atoms with Gasteiger partial charge in [0.2, 0.25) is 11.8 Å². The number of nitrogens with one attached hydrogen (secondary N) is 1. The number of hydrogen-bond donors (Lipinski definition) is 1. The Morgan fingerprint density at radius 2 is 2.00 bits per heavy atom. The summed E-state index contributed by atoms with van der Waals surface area (Å²) in [5.74, 6) is 0.0478. The van der Waals surface area contributed by atoms with Crippen LogP contribution in [0, 0.1) is 0 Å². The zero-order valence-electron chi connectivity index (χ0n) is 19.5. The molecular formula is C26H31N3O3S. The number of rotatable bonds is 8. The summed E-state index contributed by atoms with van der Waals surface area (Å²) in [5, 5.41) is 5.04. The van der Waals surface area contributed by atoms with Crippen LogP contribution in [0.2, 0.25) is 0 Å². The number of anilines is 1. The van der Waals surface area contributed by atoms with Crippen molar-refractivity contribution in [3.63, 3.8) is 0 Å². The summed E-state index contributed by atoms with van der Waals surface area (Å²) in [7, 11) is 2.00. The van der Waals surface area contributed by atoms with E-state index in [1.54, 1.807) is 4.90 Å². The molecule has 1 atom stereocenters. The molecule has 3 aromatic rings. The molecular weight excluding hydrogens is 434 g/mol. The highest BCUT2D eigenvalue weighted by atomic mass is 32.2. The average molecular weight is 466 g/mol. The van der Waals surface area contributed by atoms with E-state index in [0.717, 1.165) is 45.6 Å². The zero-order chi connectivity index (χ0) is 23.4. The third-order valence-electron chi connectivity index (χ3n) is 6.04. The Hall–Kier alpha value is -2.77. The van der Waals surface area contributed by atoms with Gasteiger partial charge in [-0.3, -0.25) is 14.5 Å². The smallest absolute Gasteiger partial charge is 0.247 e. The van der Waals surface area contributed by atoms with Crippen molar-refractivity contribution in [2.45, 2.75) is 37.8 Å². The number of hydrogen-bond acceptors (Lipinski definition) is 4. The minimum atomic E-state index is -0.743. The van der Waals surface area contributed by atoms with Crippen molar-refractivity contribution in [3.8, 4) is 0 Å². The van der Waals surface area contributed by atoms with Gasteiger partial charge < -0.3 is 14.6 Å². The van der Waals surface area contributed by atoms with Crippen molar-refractivity contribution < 1.29 is 14.3 Å². The molecule has 0 aliphatic carbocycles. The summed E-state index contributed by atoms with van der Waals surface area (Å²) in [6.45, 7) is 5.79. The Morgan fingerprint density at radius 1 is 1.18 bits per heavy atom. The van der Waals surface area contributed by atoms with Crippen molar-refractivity contribution in [1.29, 1.82) is 0 Å². The Labute approximate surface area is 199 Å². The topological polar surface area (TPSA) is 63.6 Å². The number of carbonyl (C=O) groups excluding carboxylic acids is 2. The summed E-state index contributed by atoms with van der Waals surface area (Å²) in [5.41, 5.74) is 3.84. The normalized spacial score (nSPS) is 16.0. The predicted molar refractivity (Wildman–Crippen MR) is 134 cm³/mol. The minimum absolute atomic E-state index is 0.0667. The summed E-state index contributed by atoms with van der Waals surface area (Å²) < 4.78 is 7.51. The number of fused-ring (bicyclic) bond motifs is 3. The van der Waals surface area contributed by atoms with Crippen molar-refractivity contribution in [3.05, 3.63) is 59.7 Å². The molecule has 7 heteroatoms. The SMILES string of the molecule is CCOCCCNC(=O)C1c2c(n(C)c3ccccc23)SCC(=O)N1c1cccc(CC)c1. The zero-order valence-corrected chi connectivity index (χ0v) is 20.3. The molecule has 0 bridgehead atoms. The first-order chi connectivity index (χ1) is 16.1. The molecule has 4 rings (SSSR count). The van der Waals surface area contributed by atoms with Crippen LogP contribution in [0.1, 0.15) is 37.4 Å². The van der Waals surface area contributed by atoms with E-state index in [-0.39, 0.29) is 17.6 Å². The molecule has 6 nitrogen and oxygen atoms in total. The van der Waals surface area contributed by atoms with Crippen molar-refractivity contribution >= 4 is 40.2 Å². The van der Waals surface area contributed by atoms with E-state index < -0.39 is 6.04 Å². The van der Waals surface area contributed by atoms with Crippen LogP contribution in [-0.4, -0.2) is 41.9 Å². The van der Waals surface area contributed by atoms with Crippen LogP contribution >= 0.6 is 11.8 Å². The predicted octanol–water partition coefficient (Wildman–Crippen LogP) is 4.46. The monoisotopic (exact) mass is 465 g/mol. The fraction of sp³-hybridized carbons (Fsp3) is 0.385. The molecule has 1 aliphatic heterocycles. The van der Waals surface area contributed by atoms with Gasteiger partial charge in [-0.1, -0.05) is 49.0 Å². The van der Waals surface area contributed by atoms with Gasteiger partial charge in [0.05, 0.1) is 10.8 Å². The van der Waals surface area contributed by atoms with Gasteiger partial charge in [0, 0.05) is 49.0 Å². The van der Waals surface area contributed by atoms with Crippen LogP contribution in [-0.2, 0) is 27.8 Å². The third-order valence-corrected chi connectivity index (χ3v) is 7.20. The van der Waals surface area contributed by atoms with Gasteiger partial charge >= 0.3 is 0 Å². The maximum absolute atomic E-state index is 13.7. The fourth-order valence-corrected chi connectivity index (χ4v) is 5.47. The molecule has 2 amide bonds. The first kappa shape index (κ1) is 23.4. The standard InChI is InChI=1S/C26H31N3O3S/c1-4-18-10-8-11-19(16-18)29-22(30)17-33-26-23(20-12-6-7-13-21(20)28(26)3)24(29)25(31)27-14-9-15-32-5-2/h6-8,10-13,16,24H,4-5,9,14-15,17H2,1-3H3,(H,27,31). The molecule has 0 radical (unpaired) electrons. The molecule has 33 heavy (non-hydrogen) atoms. The molecule has 1 aromatic heterocycles. The second-order valence-electron chi connectivity index (χ2n) is 8.11. The number of aryl methyl sites for hydroxylation is 2. The van der Waals surface area contributed by atoms with E-state index in [0.29, 0.717) is 19.8 Å². The number of benzene rings is 2. The fourth-order valence-electron chi connectivity index (χ4n) is 4.41. The van der Waals surface area contributed by atoms with Gasteiger partial charge in [-0.05, 0) is 43.5 Å². The van der Waals surface area contributed by atoms with Crippen molar-refractivity contribution in [1.82, 2.24) is 9.88 Å². The number of aromatic nitrogens is 1. The van der Waals surface area contributed by atoms with Gasteiger partial charge in [0.1, 0.15) is 6.04 Å². The highest BCUT2D eigenvalue weighted by molar-refractivity contribution is 8.00. The van der Waals surface area contributed by atoms with Gasteiger partial charge in [-0.25, -0.2) is 0 Å². The molecule has 0 saturated heterocycles. The Balaban J connectivity index is 1.81. The van der Waals surface area contributed by atoms with Gasteiger partial charge in [-0.2, -0.15) is 0 Å². The van der Waals surface area contributed by atoms with E-state index in [1.165, 1.54) is 11.8 Å². The number of carbonyl (C=O) groups is 2. The molecule has 2 aromatic carbocycles. The third kappa shape index (κ3) is 4.66. The summed E-state index contributed by atoms with van der Waals surface area (Å²) >= 11 is 1.51. The first-order valence-electron chi connectivity index (χ1n) is 11.5. The molecule has 0 saturated carbocycles. The summed E-state index contributed by atoms with van der Waals surface area (Å²) in [6.07, 6.45) is 1.58. The molecule has 0 spiro atoms. The van der Waals surface area contributed by atoms with Crippen LogP contribution in [0.5, 0.6) is 0 Å². The van der Waals surface area contributed by atoms with Crippen molar-refractivity contribution in [2.24, 2.45) is 7.05 Å². The maximum Gasteiger partial charge on any atom is 0.247 e. The molecule has 1 unspecified atom stereocenters. The lowest BCUT2D eigenvalue weighted by Gasteiger charge is -2.30. The van der Waals surface area contributed by atoms with Gasteiger partial charge in [0.15, 0.2) is 0 Å². The lowest BCUT2D eigenvalue weighted by Crippen LogP contribution is -2.44. The second kappa shape index (κ2) is 10.4. The van der Waals surface area contributed by atoms with E-state index in [9.17, 15) is 9.59 Å². The highest BCUT2D eigenvalue weighted by Gasteiger charge is 2.39. The summed E-state index contributed by atoms with van der Waals surface area (Å²) in [4.78, 5) is 28.9. The lowest BCUT2D eigenvalue weighted by atomic mass is 10.0. The summed E-state index contributed by atoms with van der Waals surface area (Å²) in [6, 6.07) is 15.3. The lowest BCUT2D eigenvalue weighted by molar-refractivity contribution is -0.125. The molecule has 174 valence electrons. The maximum atomic E-state index is 13.7. The Kier molecular flexibility index (Phi) is 7.40. The van der Waals surface area contributed by atoms with Crippen molar-refractivity contribution in [2.75, 3.05) is 30.4 Å². The molecule has 1 N–H and O–H groups in total. The molecule has 1 aliphatic rings. The molecule has 0 fully saturated rings. The first-order valence-corrected chi connectivity index (χ1v) is 12.5. The van der Waals surface area contributed by atoms with E-state index in [4.69, 9.17) is 4.74 Å². The minimum Gasteiger partial charge on any atom is -0.382 e. The average Bonchev–Trinajstić information content (AvgIpc) is 3.01. The molecule has 2 heterocycles. The second-order valence-corrected chi connectivity index (χ2v) is 9.08. The largest absolute Gasteiger partial charge is 0.382 e. The van der Waals surface area contributed by atoms with Crippen LogP contribution in [0.3, 0.4) is 0 Å². The number of thioether (sulfide) groups is 1. The van der Waals surface area contributed by atoms with Crippen LogP contribution in [0.4, 0.5) is 5.69 Å². The number of nitrogens with zero attached hydrogens (tertiary/aromatic N) is 2. The van der Waals surface area contributed by atoms with Crippen LogP contribution < -0.4 is 10.2 Å². The highest BCUT2D eigenvalue weighted by Crippen LogP contribution is 2.43. The number of amides is 2. The van der Waals surface area contributed by atoms with E-state index in [2.05, 4.69) is 22.9 Å². The quantitative estimate of drug-likeness (QED) is 0.499. The number of para-hydroxylation sites is 1. The van der Waals surface area contributed by atoms with Crippen LogP contribution in [0.15, 0.2) is 53.6 Å². The van der Waals surface area contributed by atoms with Gasteiger partial charge in [-0.15, -0.1) is 0 Å². The Bertz CT molecular complexity index is 1160. The van der Waals surface area contributed by atoms with Crippen LogP contribution in [0.25, 0.3) is 10.9 Å². The Morgan fingerprint density at radius 3 is 2.79 bits per heavy atom. The van der Waals surface area contributed by atoms with E-state index >= 15 is 0 Å². The van der Waals surface area contributed by atoms with E-state index in [1.807, 2.05) is 56.4 Å².